The van der Waals surface area contributed by atoms with Gasteiger partial charge in [-0.25, -0.2) is 4.98 Å². The van der Waals surface area contributed by atoms with Crippen molar-refractivity contribution in [2.45, 2.75) is 19.4 Å². The zero-order chi connectivity index (χ0) is 17.8. The summed E-state index contributed by atoms with van der Waals surface area (Å²) in [5.41, 5.74) is 2.26. The minimum absolute atomic E-state index is 0.241. The second kappa shape index (κ2) is 7.93. The number of aryl methyl sites for hydroxylation is 1. The average molecular weight is 366 g/mol. The van der Waals surface area contributed by atoms with Gasteiger partial charge in [0.25, 0.3) is 0 Å². The normalized spacial score (nSPS) is 15.5. The molecule has 134 valence electrons. The topological polar surface area (TPSA) is 49.3 Å². The molecule has 4 rings (SSSR count). The smallest absolute Gasteiger partial charge is 0.223 e. The first-order valence-electron chi connectivity index (χ1n) is 9.01. The van der Waals surface area contributed by atoms with Crippen LogP contribution in [0, 0.1) is 0 Å². The molecule has 6 heteroatoms. The summed E-state index contributed by atoms with van der Waals surface area (Å²) in [5, 5.41) is 1.05. The molecule has 1 amide bonds. The van der Waals surface area contributed by atoms with E-state index in [4.69, 9.17) is 0 Å². The number of carbonyl (C=O) groups is 1. The maximum Gasteiger partial charge on any atom is 0.223 e. The lowest BCUT2D eigenvalue weighted by molar-refractivity contribution is -0.133. The van der Waals surface area contributed by atoms with Crippen molar-refractivity contribution in [1.82, 2.24) is 19.8 Å². The SMILES string of the molecule is O=C(CCc1nc2ccccc2s1)N1CCN(Cc2cccnc2)CC1. The summed E-state index contributed by atoms with van der Waals surface area (Å²) in [6, 6.07) is 12.2. The third-order valence-electron chi connectivity index (χ3n) is 4.74. The number of hydrogen-bond donors (Lipinski definition) is 0. The summed E-state index contributed by atoms with van der Waals surface area (Å²) in [6.07, 6.45) is 4.98. The number of fused-ring (bicyclic) bond motifs is 1. The second-order valence-corrected chi connectivity index (χ2v) is 7.71. The van der Waals surface area contributed by atoms with Gasteiger partial charge in [0.05, 0.1) is 15.2 Å². The molecule has 3 heterocycles. The van der Waals surface area contributed by atoms with Crippen molar-refractivity contribution in [2.75, 3.05) is 26.2 Å². The summed E-state index contributed by atoms with van der Waals surface area (Å²) in [7, 11) is 0. The highest BCUT2D eigenvalue weighted by molar-refractivity contribution is 7.18. The number of para-hydroxylation sites is 1. The van der Waals surface area contributed by atoms with Crippen molar-refractivity contribution in [3.05, 3.63) is 59.4 Å². The van der Waals surface area contributed by atoms with E-state index in [1.54, 1.807) is 17.5 Å². The van der Waals surface area contributed by atoms with Crippen LogP contribution in [0.25, 0.3) is 10.2 Å². The standard InChI is InChI=1S/C20H22N4OS/c25-20(8-7-19-22-17-5-1-2-6-18(17)26-19)24-12-10-23(11-13-24)15-16-4-3-9-21-14-16/h1-6,9,14H,7-8,10-13,15H2. The van der Waals surface area contributed by atoms with E-state index in [1.807, 2.05) is 35.4 Å². The highest BCUT2D eigenvalue weighted by Crippen LogP contribution is 2.22. The first-order valence-corrected chi connectivity index (χ1v) is 9.83. The summed E-state index contributed by atoms with van der Waals surface area (Å²) in [6.45, 7) is 4.35. The van der Waals surface area contributed by atoms with Gasteiger partial charge in [-0.15, -0.1) is 11.3 Å². The van der Waals surface area contributed by atoms with Gasteiger partial charge in [0.15, 0.2) is 0 Å². The molecule has 1 aliphatic heterocycles. The first-order chi connectivity index (χ1) is 12.8. The summed E-state index contributed by atoms with van der Waals surface area (Å²) in [5.74, 6) is 0.241. The predicted molar refractivity (Wildman–Crippen MR) is 104 cm³/mol. The molecule has 0 radical (unpaired) electrons. The lowest BCUT2D eigenvalue weighted by Gasteiger charge is -2.34. The van der Waals surface area contributed by atoms with E-state index in [2.05, 4.69) is 27.0 Å². The van der Waals surface area contributed by atoms with Crippen LogP contribution in [-0.4, -0.2) is 51.9 Å². The zero-order valence-electron chi connectivity index (χ0n) is 14.7. The lowest BCUT2D eigenvalue weighted by Crippen LogP contribution is -2.48. The first kappa shape index (κ1) is 17.1. The van der Waals surface area contributed by atoms with Crippen LogP contribution in [0.4, 0.5) is 0 Å². The Hall–Kier alpha value is -2.31. The summed E-state index contributed by atoms with van der Waals surface area (Å²) >= 11 is 1.69. The fraction of sp³-hybridized carbons (Fsp3) is 0.350. The Morgan fingerprint density at radius 2 is 1.92 bits per heavy atom. The third kappa shape index (κ3) is 4.08. The van der Waals surface area contributed by atoms with Crippen molar-refractivity contribution in [2.24, 2.45) is 0 Å². The molecular weight excluding hydrogens is 344 g/mol. The molecule has 0 unspecified atom stereocenters. The molecular formula is C20H22N4OS. The molecule has 1 aromatic carbocycles. The van der Waals surface area contributed by atoms with Crippen LogP contribution in [0.3, 0.4) is 0 Å². The molecule has 0 aliphatic carbocycles. The Kier molecular flexibility index (Phi) is 5.22. The van der Waals surface area contributed by atoms with Gasteiger partial charge in [0.2, 0.25) is 5.91 Å². The van der Waals surface area contributed by atoms with Crippen LogP contribution >= 0.6 is 11.3 Å². The minimum atomic E-state index is 0.241. The largest absolute Gasteiger partial charge is 0.340 e. The Morgan fingerprint density at radius 3 is 2.69 bits per heavy atom. The number of nitrogens with zero attached hydrogens (tertiary/aromatic N) is 4. The molecule has 1 fully saturated rings. The van der Waals surface area contributed by atoms with Crippen LogP contribution in [-0.2, 0) is 17.8 Å². The highest BCUT2D eigenvalue weighted by Gasteiger charge is 2.21. The number of rotatable bonds is 5. The van der Waals surface area contributed by atoms with Gasteiger partial charge < -0.3 is 4.90 Å². The van der Waals surface area contributed by atoms with Crippen LogP contribution in [0.2, 0.25) is 0 Å². The molecule has 0 bridgehead atoms. The number of carbonyl (C=O) groups excluding carboxylic acids is 1. The van der Waals surface area contributed by atoms with E-state index in [1.165, 1.54) is 10.3 Å². The summed E-state index contributed by atoms with van der Waals surface area (Å²) < 4.78 is 1.19. The highest BCUT2D eigenvalue weighted by atomic mass is 32.1. The lowest BCUT2D eigenvalue weighted by atomic mass is 10.2. The third-order valence-corrected chi connectivity index (χ3v) is 5.84. The van der Waals surface area contributed by atoms with Gasteiger partial charge in [-0.2, -0.15) is 0 Å². The second-order valence-electron chi connectivity index (χ2n) is 6.59. The van der Waals surface area contributed by atoms with Crippen molar-refractivity contribution in [3.8, 4) is 0 Å². The fourth-order valence-electron chi connectivity index (χ4n) is 3.30. The van der Waals surface area contributed by atoms with E-state index >= 15 is 0 Å². The van der Waals surface area contributed by atoms with Crippen LogP contribution in [0.5, 0.6) is 0 Å². The van der Waals surface area contributed by atoms with E-state index in [0.717, 1.165) is 49.7 Å². The molecule has 3 aromatic rings. The number of pyridine rings is 1. The molecule has 0 N–H and O–H groups in total. The van der Waals surface area contributed by atoms with Crippen LogP contribution in [0.1, 0.15) is 17.0 Å². The molecule has 0 spiro atoms. The molecule has 0 saturated carbocycles. The van der Waals surface area contributed by atoms with E-state index in [0.29, 0.717) is 6.42 Å². The van der Waals surface area contributed by atoms with Gasteiger partial charge in [0, 0.05) is 58.0 Å². The molecule has 5 nitrogen and oxygen atoms in total. The molecule has 0 atom stereocenters. The maximum atomic E-state index is 12.5. The van der Waals surface area contributed by atoms with Gasteiger partial charge >= 0.3 is 0 Å². The Morgan fingerprint density at radius 1 is 1.08 bits per heavy atom. The van der Waals surface area contributed by atoms with E-state index < -0.39 is 0 Å². The molecule has 26 heavy (non-hydrogen) atoms. The number of amides is 1. The van der Waals surface area contributed by atoms with Gasteiger partial charge in [-0.3, -0.25) is 14.7 Å². The van der Waals surface area contributed by atoms with Gasteiger partial charge in [-0.05, 0) is 23.8 Å². The van der Waals surface area contributed by atoms with Crippen molar-refractivity contribution in [3.63, 3.8) is 0 Å². The monoisotopic (exact) mass is 366 g/mol. The van der Waals surface area contributed by atoms with Gasteiger partial charge in [0.1, 0.15) is 0 Å². The number of hydrogen-bond acceptors (Lipinski definition) is 5. The number of thiazole rings is 1. The number of piperazine rings is 1. The Balaban J connectivity index is 1.25. The molecule has 1 saturated heterocycles. The number of benzene rings is 1. The Bertz CT molecular complexity index is 839. The number of aromatic nitrogens is 2. The predicted octanol–water partition coefficient (Wildman–Crippen LogP) is 2.97. The van der Waals surface area contributed by atoms with E-state index in [-0.39, 0.29) is 5.91 Å². The fourth-order valence-corrected chi connectivity index (χ4v) is 4.27. The quantitative estimate of drug-likeness (QED) is 0.697. The average Bonchev–Trinajstić information content (AvgIpc) is 3.10. The molecule has 2 aromatic heterocycles. The minimum Gasteiger partial charge on any atom is -0.340 e. The Labute approximate surface area is 157 Å². The van der Waals surface area contributed by atoms with Crippen LogP contribution < -0.4 is 0 Å². The maximum absolute atomic E-state index is 12.5. The van der Waals surface area contributed by atoms with Crippen molar-refractivity contribution in [1.29, 1.82) is 0 Å². The van der Waals surface area contributed by atoms with E-state index in [9.17, 15) is 4.79 Å². The molecule has 1 aliphatic rings. The zero-order valence-corrected chi connectivity index (χ0v) is 15.5. The van der Waals surface area contributed by atoms with Crippen LogP contribution in [0.15, 0.2) is 48.8 Å². The summed E-state index contributed by atoms with van der Waals surface area (Å²) in [4.78, 5) is 25.7. The van der Waals surface area contributed by atoms with Crippen molar-refractivity contribution < 1.29 is 4.79 Å². The van der Waals surface area contributed by atoms with Gasteiger partial charge in [-0.1, -0.05) is 18.2 Å². The van der Waals surface area contributed by atoms with Crippen molar-refractivity contribution >= 4 is 27.5 Å².